The molecule has 0 saturated heterocycles. The Morgan fingerprint density at radius 1 is 0.963 bits per heavy atom. The summed E-state index contributed by atoms with van der Waals surface area (Å²) in [6, 6.07) is 11.9. The van der Waals surface area contributed by atoms with Crippen LogP contribution in [-0.2, 0) is 16.4 Å². The van der Waals surface area contributed by atoms with E-state index in [1.165, 1.54) is 0 Å². The fourth-order valence-corrected chi connectivity index (χ4v) is 3.75. The fraction of sp³-hybridized carbons (Fsp3) is 0.111. The molecule has 2 aromatic carbocycles. The Balaban J connectivity index is 2.41. The monoisotopic (exact) mass is 441 g/mol. The molecule has 0 spiro atoms. The Hall–Kier alpha value is -1.70. The van der Waals surface area contributed by atoms with Gasteiger partial charge in [0.05, 0.1) is 16.4 Å². The number of aromatic nitrogens is 2. The molecule has 0 radical (unpaired) electrons. The van der Waals surface area contributed by atoms with Crippen LogP contribution < -0.4 is 5.73 Å². The molecule has 0 fully saturated rings. The summed E-state index contributed by atoms with van der Waals surface area (Å²) in [6.45, 7) is 0.0151. The number of nitrogens with zero attached hydrogens (tertiary/aromatic N) is 2. The molecule has 3 rings (SSSR count). The first kappa shape index (κ1) is 20.0. The van der Waals surface area contributed by atoms with E-state index in [1.54, 1.807) is 42.5 Å². The van der Waals surface area contributed by atoms with Gasteiger partial charge in [0.1, 0.15) is 0 Å². The lowest BCUT2D eigenvalue weighted by molar-refractivity contribution is 0.592. The number of nitrogens with two attached hydrogens (primary N) is 1. The highest BCUT2D eigenvalue weighted by atomic mass is 35.5. The molecule has 0 amide bonds. The molecule has 0 saturated carbocycles. The van der Waals surface area contributed by atoms with Crippen LogP contribution in [0.5, 0.6) is 0 Å². The van der Waals surface area contributed by atoms with Gasteiger partial charge in [-0.05, 0) is 35.9 Å². The molecule has 0 aliphatic heterocycles. The summed E-state index contributed by atoms with van der Waals surface area (Å²) in [7, 11) is -3.66. The Kier molecular flexibility index (Phi) is 5.74. The van der Waals surface area contributed by atoms with Crippen LogP contribution in [0.25, 0.3) is 22.4 Å². The minimum atomic E-state index is -3.66. The van der Waals surface area contributed by atoms with E-state index in [1.807, 2.05) is 0 Å². The molecule has 2 N–H and O–H groups in total. The van der Waals surface area contributed by atoms with Crippen molar-refractivity contribution < 1.29 is 8.42 Å². The van der Waals surface area contributed by atoms with Crippen LogP contribution in [-0.4, -0.2) is 24.6 Å². The summed E-state index contributed by atoms with van der Waals surface area (Å²) in [5.74, 6) is 0. The van der Waals surface area contributed by atoms with Gasteiger partial charge in [-0.2, -0.15) is 0 Å². The molecule has 3 aromatic rings. The molecule has 9 heteroatoms. The van der Waals surface area contributed by atoms with Crippen LogP contribution in [0.2, 0.25) is 15.1 Å². The molecule has 27 heavy (non-hydrogen) atoms. The Labute approximate surface area is 172 Å². The van der Waals surface area contributed by atoms with E-state index in [9.17, 15) is 8.42 Å². The highest BCUT2D eigenvalue weighted by Gasteiger charge is 2.22. The van der Waals surface area contributed by atoms with E-state index in [2.05, 4.69) is 9.97 Å². The van der Waals surface area contributed by atoms with Gasteiger partial charge in [0.15, 0.2) is 0 Å². The van der Waals surface area contributed by atoms with Crippen molar-refractivity contribution in [3.05, 3.63) is 63.2 Å². The zero-order valence-corrected chi connectivity index (χ0v) is 17.2. The van der Waals surface area contributed by atoms with Crippen LogP contribution in [0.1, 0.15) is 5.69 Å². The van der Waals surface area contributed by atoms with E-state index in [0.717, 1.165) is 11.8 Å². The van der Waals surface area contributed by atoms with Crippen molar-refractivity contribution in [2.45, 2.75) is 11.7 Å². The van der Waals surface area contributed by atoms with Crippen LogP contribution in [0.4, 0.5) is 0 Å². The van der Waals surface area contributed by atoms with Gasteiger partial charge in [-0.25, -0.2) is 18.4 Å². The van der Waals surface area contributed by atoms with Crippen LogP contribution in [0.15, 0.2) is 47.6 Å². The lowest BCUT2D eigenvalue weighted by atomic mass is 9.97. The third kappa shape index (κ3) is 4.25. The van der Waals surface area contributed by atoms with Crippen molar-refractivity contribution in [3.8, 4) is 22.4 Å². The van der Waals surface area contributed by atoms with E-state index in [-0.39, 0.29) is 11.7 Å². The van der Waals surface area contributed by atoms with E-state index in [4.69, 9.17) is 40.5 Å². The Morgan fingerprint density at radius 2 is 1.59 bits per heavy atom. The standard InChI is InChI=1S/C18H14Cl3N3O2S/c1-27(25,26)18-23-15(9-22)16(10-2-4-11(19)5-3-10)17(24-18)13-7-6-12(20)8-14(13)21/h2-8H,9,22H2,1H3. The van der Waals surface area contributed by atoms with Crippen molar-refractivity contribution in [1.29, 1.82) is 0 Å². The average Bonchev–Trinajstić information content (AvgIpc) is 2.61. The number of rotatable bonds is 4. The summed E-state index contributed by atoms with van der Waals surface area (Å²) < 4.78 is 24.2. The lowest BCUT2D eigenvalue weighted by Crippen LogP contribution is -2.12. The summed E-state index contributed by atoms with van der Waals surface area (Å²) in [5.41, 5.74) is 8.46. The summed E-state index contributed by atoms with van der Waals surface area (Å²) in [6.07, 6.45) is 1.04. The molecule has 1 heterocycles. The van der Waals surface area contributed by atoms with Gasteiger partial charge in [-0.3, -0.25) is 0 Å². The van der Waals surface area contributed by atoms with Crippen molar-refractivity contribution in [1.82, 2.24) is 9.97 Å². The van der Waals surface area contributed by atoms with Gasteiger partial charge in [0.2, 0.25) is 15.0 Å². The largest absolute Gasteiger partial charge is 0.325 e. The van der Waals surface area contributed by atoms with E-state index >= 15 is 0 Å². The summed E-state index contributed by atoms with van der Waals surface area (Å²) in [5, 5.41) is 1.03. The zero-order valence-electron chi connectivity index (χ0n) is 14.1. The number of halogens is 3. The SMILES string of the molecule is CS(=O)(=O)c1nc(CN)c(-c2ccc(Cl)cc2)c(-c2ccc(Cl)cc2Cl)n1. The summed E-state index contributed by atoms with van der Waals surface area (Å²) in [4.78, 5) is 8.47. The Morgan fingerprint density at radius 3 is 2.15 bits per heavy atom. The van der Waals surface area contributed by atoms with Gasteiger partial charge < -0.3 is 5.73 Å². The quantitative estimate of drug-likeness (QED) is 0.595. The molecule has 0 aliphatic rings. The zero-order chi connectivity index (χ0) is 19.8. The molecule has 1 aromatic heterocycles. The maximum Gasteiger partial charge on any atom is 0.247 e. The number of sulfone groups is 1. The molecule has 0 unspecified atom stereocenters. The highest BCUT2D eigenvalue weighted by molar-refractivity contribution is 7.90. The topological polar surface area (TPSA) is 85.9 Å². The van der Waals surface area contributed by atoms with Crippen LogP contribution in [0.3, 0.4) is 0 Å². The Bertz CT molecular complexity index is 1120. The number of hydrogen-bond donors (Lipinski definition) is 1. The highest BCUT2D eigenvalue weighted by Crippen LogP contribution is 2.38. The predicted octanol–water partition coefficient (Wildman–Crippen LogP) is 4.63. The first-order chi connectivity index (χ1) is 12.7. The minimum Gasteiger partial charge on any atom is -0.325 e. The third-order valence-corrected chi connectivity index (χ3v) is 5.45. The third-order valence-electron chi connectivity index (χ3n) is 3.81. The first-order valence-electron chi connectivity index (χ1n) is 7.73. The molecular weight excluding hydrogens is 429 g/mol. The van der Waals surface area contributed by atoms with Crippen LogP contribution >= 0.6 is 34.8 Å². The van der Waals surface area contributed by atoms with Crippen molar-refractivity contribution in [3.63, 3.8) is 0 Å². The summed E-state index contributed by atoms with van der Waals surface area (Å²) >= 11 is 18.3. The van der Waals surface area contributed by atoms with Gasteiger partial charge in [0, 0.05) is 34.0 Å². The van der Waals surface area contributed by atoms with Crippen molar-refractivity contribution in [2.24, 2.45) is 5.73 Å². The molecule has 0 aliphatic carbocycles. The molecule has 0 bridgehead atoms. The maximum atomic E-state index is 12.1. The maximum absolute atomic E-state index is 12.1. The van der Waals surface area contributed by atoms with E-state index in [0.29, 0.717) is 37.6 Å². The second-order valence-electron chi connectivity index (χ2n) is 5.78. The normalized spacial score (nSPS) is 11.6. The van der Waals surface area contributed by atoms with E-state index < -0.39 is 9.84 Å². The van der Waals surface area contributed by atoms with Gasteiger partial charge >= 0.3 is 0 Å². The fourth-order valence-electron chi connectivity index (χ4n) is 2.59. The number of benzene rings is 2. The van der Waals surface area contributed by atoms with Crippen molar-refractivity contribution in [2.75, 3.05) is 6.26 Å². The second-order valence-corrected chi connectivity index (χ2v) is 8.97. The van der Waals surface area contributed by atoms with Gasteiger partial charge in [-0.15, -0.1) is 0 Å². The first-order valence-corrected chi connectivity index (χ1v) is 10.8. The molecule has 5 nitrogen and oxygen atoms in total. The van der Waals surface area contributed by atoms with Crippen LogP contribution in [0, 0.1) is 0 Å². The van der Waals surface area contributed by atoms with Crippen molar-refractivity contribution >= 4 is 44.6 Å². The molecule has 140 valence electrons. The van der Waals surface area contributed by atoms with Gasteiger partial charge in [-0.1, -0.05) is 46.9 Å². The lowest BCUT2D eigenvalue weighted by Gasteiger charge is -2.16. The minimum absolute atomic E-state index is 0.0151. The molecular formula is C18H14Cl3N3O2S. The average molecular weight is 443 g/mol. The second kappa shape index (κ2) is 7.73. The molecule has 0 atom stereocenters. The number of hydrogen-bond acceptors (Lipinski definition) is 5. The smallest absolute Gasteiger partial charge is 0.247 e. The predicted molar refractivity (Wildman–Crippen MR) is 109 cm³/mol. The van der Waals surface area contributed by atoms with Gasteiger partial charge in [0.25, 0.3) is 0 Å².